The number of nitrogens with two attached hydrogens (primary N) is 1. The molecule has 0 bridgehead atoms. The lowest BCUT2D eigenvalue weighted by molar-refractivity contribution is 0.376. The molecule has 8 heteroatoms. The van der Waals surface area contributed by atoms with Gasteiger partial charge in [-0.15, -0.1) is 12.4 Å². The molecule has 7 nitrogen and oxygen atoms in total. The summed E-state index contributed by atoms with van der Waals surface area (Å²) in [4.78, 5) is 11.9. The van der Waals surface area contributed by atoms with Crippen molar-refractivity contribution in [3.05, 3.63) is 64.4 Å². The minimum Gasteiger partial charge on any atom is -0.497 e. The fourth-order valence-electron chi connectivity index (χ4n) is 2.85. The molecule has 1 aliphatic heterocycles. The minimum atomic E-state index is -0.539. The van der Waals surface area contributed by atoms with E-state index in [4.69, 9.17) is 19.7 Å². The Labute approximate surface area is 149 Å². The van der Waals surface area contributed by atoms with E-state index in [2.05, 4.69) is 5.16 Å². The first kappa shape index (κ1) is 17.1. The summed E-state index contributed by atoms with van der Waals surface area (Å²) in [6.07, 6.45) is 0.552. The smallest absolute Gasteiger partial charge is 0.446 e. The summed E-state index contributed by atoms with van der Waals surface area (Å²) >= 11 is 0. The van der Waals surface area contributed by atoms with Gasteiger partial charge in [-0.05, 0) is 42.3 Å². The van der Waals surface area contributed by atoms with Crippen molar-refractivity contribution in [2.24, 2.45) is 5.73 Å². The average molecular weight is 362 g/mol. The fraction of sp³-hybridized carbons (Fsp3) is 0.176. The molecule has 1 atom stereocenters. The van der Waals surface area contributed by atoms with Crippen molar-refractivity contribution in [3.63, 3.8) is 0 Å². The zero-order valence-electron chi connectivity index (χ0n) is 13.3. The van der Waals surface area contributed by atoms with Gasteiger partial charge in [-0.25, -0.2) is 9.36 Å². The van der Waals surface area contributed by atoms with Gasteiger partial charge in [0.15, 0.2) is 5.82 Å². The molecular formula is C17H16ClN3O4. The Balaban J connectivity index is 0.00000182. The van der Waals surface area contributed by atoms with Gasteiger partial charge in [0.25, 0.3) is 0 Å². The third-order valence-corrected chi connectivity index (χ3v) is 3.97. The third-order valence-electron chi connectivity index (χ3n) is 3.97. The van der Waals surface area contributed by atoms with Gasteiger partial charge >= 0.3 is 5.76 Å². The van der Waals surface area contributed by atoms with Gasteiger partial charge in [0.2, 0.25) is 0 Å². The van der Waals surface area contributed by atoms with E-state index in [9.17, 15) is 4.79 Å². The summed E-state index contributed by atoms with van der Waals surface area (Å²) in [6, 6.07) is 12.4. The van der Waals surface area contributed by atoms with Crippen molar-refractivity contribution >= 4 is 12.4 Å². The van der Waals surface area contributed by atoms with Crippen LogP contribution < -0.4 is 21.0 Å². The number of hydrogen-bond donors (Lipinski definition) is 1. The number of rotatable bonds is 3. The molecule has 2 heterocycles. The molecule has 1 aromatic heterocycles. The van der Waals surface area contributed by atoms with E-state index in [0.717, 1.165) is 11.3 Å². The number of nitrogens with zero attached hydrogens (tertiary/aromatic N) is 2. The van der Waals surface area contributed by atoms with Gasteiger partial charge in [0.1, 0.15) is 17.2 Å². The van der Waals surface area contributed by atoms with Gasteiger partial charge in [-0.3, -0.25) is 4.52 Å². The van der Waals surface area contributed by atoms with E-state index < -0.39 is 11.8 Å². The minimum absolute atomic E-state index is 0. The van der Waals surface area contributed by atoms with Gasteiger partial charge < -0.3 is 15.2 Å². The summed E-state index contributed by atoms with van der Waals surface area (Å²) in [7, 11) is 1.60. The summed E-state index contributed by atoms with van der Waals surface area (Å²) in [5.74, 6) is 1.93. The molecule has 0 amide bonds. The van der Waals surface area contributed by atoms with E-state index in [-0.39, 0.29) is 12.4 Å². The fourth-order valence-corrected chi connectivity index (χ4v) is 2.85. The van der Waals surface area contributed by atoms with Crippen molar-refractivity contribution in [1.82, 2.24) is 9.72 Å². The number of benzene rings is 2. The molecule has 0 fully saturated rings. The molecule has 130 valence electrons. The Hall–Kier alpha value is -2.77. The van der Waals surface area contributed by atoms with Crippen LogP contribution in [-0.2, 0) is 6.42 Å². The Morgan fingerprint density at radius 1 is 1.20 bits per heavy atom. The molecule has 3 aromatic rings. The Morgan fingerprint density at radius 3 is 2.76 bits per heavy atom. The van der Waals surface area contributed by atoms with Crippen molar-refractivity contribution in [2.75, 3.05) is 7.11 Å². The lowest BCUT2D eigenvalue weighted by Crippen LogP contribution is -2.28. The normalized spacial score (nSPS) is 14.9. The maximum absolute atomic E-state index is 11.9. The average Bonchev–Trinajstić information content (AvgIpc) is 2.98. The van der Waals surface area contributed by atoms with Crippen LogP contribution in [0.2, 0.25) is 0 Å². The van der Waals surface area contributed by atoms with Crippen molar-refractivity contribution in [2.45, 2.75) is 12.5 Å². The quantitative estimate of drug-likeness (QED) is 0.770. The van der Waals surface area contributed by atoms with Crippen LogP contribution in [0.3, 0.4) is 0 Å². The number of methoxy groups -OCH3 is 1. The third kappa shape index (κ3) is 2.99. The number of aromatic nitrogens is 2. The standard InChI is InChI=1S/C17H15N3O4.ClH/c1-22-11-3-2-4-12(9-11)23-13-5-6-15-10(7-13)8-14(18)16-19-24-17(21)20(15)16;/h2-7,9,14H,8,18H2,1H3;1H/t14-;/m0./s1. The zero-order valence-corrected chi connectivity index (χ0v) is 14.2. The number of fused-ring (bicyclic) bond motifs is 3. The summed E-state index contributed by atoms with van der Waals surface area (Å²) in [6.45, 7) is 0. The highest BCUT2D eigenvalue weighted by Crippen LogP contribution is 2.32. The predicted octanol–water partition coefficient (Wildman–Crippen LogP) is 2.60. The SMILES string of the molecule is COc1cccc(Oc2ccc3c(c2)C[C@H](N)c2noc(=O)n2-3)c1.Cl. The summed E-state index contributed by atoms with van der Waals surface area (Å²) in [5.41, 5.74) is 7.70. The highest BCUT2D eigenvalue weighted by Gasteiger charge is 2.27. The molecule has 0 saturated carbocycles. The molecule has 1 aliphatic rings. The largest absolute Gasteiger partial charge is 0.497 e. The lowest BCUT2D eigenvalue weighted by atomic mass is 9.99. The van der Waals surface area contributed by atoms with E-state index >= 15 is 0 Å². The molecule has 2 N–H and O–H groups in total. The summed E-state index contributed by atoms with van der Waals surface area (Å²) < 4.78 is 17.2. The van der Waals surface area contributed by atoms with Crippen LogP contribution in [0, 0.1) is 0 Å². The van der Waals surface area contributed by atoms with Gasteiger partial charge in [0, 0.05) is 6.07 Å². The van der Waals surface area contributed by atoms with Crippen molar-refractivity contribution in [3.8, 4) is 22.9 Å². The van der Waals surface area contributed by atoms with Gasteiger partial charge in [-0.2, -0.15) is 0 Å². The second kappa shape index (κ2) is 6.62. The van der Waals surface area contributed by atoms with E-state index in [1.165, 1.54) is 4.57 Å². The monoisotopic (exact) mass is 361 g/mol. The zero-order chi connectivity index (χ0) is 16.7. The Morgan fingerprint density at radius 2 is 1.96 bits per heavy atom. The maximum atomic E-state index is 11.9. The van der Waals surface area contributed by atoms with E-state index in [0.29, 0.717) is 29.5 Å². The number of ether oxygens (including phenoxy) is 2. The van der Waals surface area contributed by atoms with Crippen LogP contribution in [0.5, 0.6) is 17.2 Å². The molecule has 0 spiro atoms. The Kier molecular flexibility index (Phi) is 4.52. The van der Waals surface area contributed by atoms with Crippen molar-refractivity contribution in [1.29, 1.82) is 0 Å². The van der Waals surface area contributed by atoms with Crippen LogP contribution in [0.15, 0.2) is 51.8 Å². The van der Waals surface area contributed by atoms with Crippen LogP contribution in [0.25, 0.3) is 5.69 Å². The van der Waals surface area contributed by atoms with Crippen LogP contribution in [-0.4, -0.2) is 16.8 Å². The highest BCUT2D eigenvalue weighted by atomic mass is 35.5. The maximum Gasteiger partial charge on any atom is 0.446 e. The van der Waals surface area contributed by atoms with E-state index in [1.54, 1.807) is 25.3 Å². The lowest BCUT2D eigenvalue weighted by Gasteiger charge is -2.21. The molecule has 0 saturated heterocycles. The van der Waals surface area contributed by atoms with Crippen molar-refractivity contribution < 1.29 is 14.0 Å². The first-order valence-electron chi connectivity index (χ1n) is 7.45. The molecule has 0 unspecified atom stereocenters. The first-order valence-corrected chi connectivity index (χ1v) is 7.45. The molecule has 25 heavy (non-hydrogen) atoms. The van der Waals surface area contributed by atoms with Crippen LogP contribution >= 0.6 is 12.4 Å². The molecule has 2 aromatic carbocycles. The molecule has 0 aliphatic carbocycles. The number of halogens is 1. The van der Waals surface area contributed by atoms with Crippen LogP contribution in [0.4, 0.5) is 0 Å². The molecule has 4 rings (SSSR count). The Bertz CT molecular complexity index is 967. The van der Waals surface area contributed by atoms with Crippen LogP contribution in [0.1, 0.15) is 17.4 Å². The topological polar surface area (TPSA) is 92.5 Å². The second-order valence-corrected chi connectivity index (χ2v) is 5.52. The first-order chi connectivity index (χ1) is 11.7. The van der Waals surface area contributed by atoms with Gasteiger partial charge in [0.05, 0.1) is 18.8 Å². The van der Waals surface area contributed by atoms with E-state index in [1.807, 2.05) is 24.3 Å². The molecular weight excluding hydrogens is 346 g/mol. The second-order valence-electron chi connectivity index (χ2n) is 5.52. The highest BCUT2D eigenvalue weighted by molar-refractivity contribution is 5.85. The van der Waals surface area contributed by atoms with Gasteiger partial charge in [-0.1, -0.05) is 11.2 Å². The summed E-state index contributed by atoms with van der Waals surface area (Å²) in [5, 5.41) is 3.75. The predicted molar refractivity (Wildman–Crippen MR) is 93.0 cm³/mol. The molecule has 0 radical (unpaired) electrons. The number of hydrogen-bond acceptors (Lipinski definition) is 6.